The summed E-state index contributed by atoms with van der Waals surface area (Å²) in [6.07, 6.45) is 2.31. The van der Waals surface area contributed by atoms with Crippen LogP contribution in [0.15, 0.2) is 0 Å². The zero-order valence-corrected chi connectivity index (χ0v) is 12.4. The summed E-state index contributed by atoms with van der Waals surface area (Å²) in [5, 5.41) is 5.53. The van der Waals surface area contributed by atoms with E-state index >= 15 is 0 Å². The molecule has 3 unspecified atom stereocenters. The third-order valence-corrected chi connectivity index (χ3v) is 3.93. The van der Waals surface area contributed by atoms with E-state index in [4.69, 9.17) is 0 Å². The van der Waals surface area contributed by atoms with Gasteiger partial charge in [0.25, 0.3) is 0 Å². The molecule has 4 amide bonds. The van der Waals surface area contributed by atoms with E-state index in [1.54, 1.807) is 0 Å². The number of hydrogen-bond acceptors (Lipinski definition) is 3. The van der Waals surface area contributed by atoms with E-state index in [0.717, 1.165) is 12.8 Å². The second kappa shape index (κ2) is 5.08. The van der Waals surface area contributed by atoms with Crippen molar-refractivity contribution >= 4 is 17.8 Å². The van der Waals surface area contributed by atoms with Crippen molar-refractivity contribution in [2.75, 3.05) is 0 Å². The zero-order chi connectivity index (χ0) is 11.9. The molecule has 0 aromatic rings. The Balaban J connectivity index is 0.00000144. The van der Waals surface area contributed by atoms with Gasteiger partial charge in [0, 0.05) is 0 Å². The van der Waals surface area contributed by atoms with Crippen LogP contribution in [0.5, 0.6) is 0 Å². The van der Waals surface area contributed by atoms with Crippen LogP contribution in [0.25, 0.3) is 5.32 Å². The van der Waals surface area contributed by atoms with Crippen LogP contribution in [0.1, 0.15) is 33.1 Å². The molecule has 0 aromatic heterocycles. The topological polar surface area (TPSA) is 77.3 Å². The first-order valence-corrected chi connectivity index (χ1v) is 5.62. The molecule has 0 aromatic carbocycles. The minimum atomic E-state index is -1.07. The van der Waals surface area contributed by atoms with Gasteiger partial charge in [-0.05, 0) is 24.7 Å². The van der Waals surface area contributed by atoms with Crippen molar-refractivity contribution in [1.29, 1.82) is 0 Å². The van der Waals surface area contributed by atoms with Crippen molar-refractivity contribution in [3.8, 4) is 0 Å². The predicted octanol–water partition coefficient (Wildman–Crippen LogP) is -1.42. The minimum absolute atomic E-state index is 0. The summed E-state index contributed by atoms with van der Waals surface area (Å²) in [6.45, 7) is 3.93. The summed E-state index contributed by atoms with van der Waals surface area (Å²) >= 11 is 0. The number of hydrogen-bond donors (Lipinski definition) is 1. The second-order valence-corrected chi connectivity index (χ2v) is 4.76. The number of nitrogens with one attached hydrogen (secondary N) is 1. The molecule has 5 nitrogen and oxygen atoms in total. The molecular formula is C11H15N2NaO3. The maximum atomic E-state index is 11.9. The number of imide groups is 2. The molecule has 88 valence electrons. The number of carbonyl (C=O) groups excluding carboxylic acids is 3. The second-order valence-electron chi connectivity index (χ2n) is 4.76. The molecule has 2 fully saturated rings. The van der Waals surface area contributed by atoms with Gasteiger partial charge in [0.05, 0.1) is 5.41 Å². The number of amides is 4. The Morgan fingerprint density at radius 3 is 2.53 bits per heavy atom. The van der Waals surface area contributed by atoms with Crippen molar-refractivity contribution in [2.24, 2.45) is 17.3 Å². The van der Waals surface area contributed by atoms with Gasteiger partial charge < -0.3 is 10.6 Å². The van der Waals surface area contributed by atoms with Crippen LogP contribution < -0.4 is 34.9 Å². The molecule has 0 bridgehead atoms. The molecule has 1 saturated carbocycles. The molecule has 2 aliphatic rings. The summed E-state index contributed by atoms with van der Waals surface area (Å²) in [5.74, 6) is -0.680. The number of rotatable bonds is 1. The Bertz CT molecular complexity index is 350. The van der Waals surface area contributed by atoms with Gasteiger partial charge in [-0.3, -0.25) is 14.4 Å². The smallest absolute Gasteiger partial charge is 0.394 e. The van der Waals surface area contributed by atoms with E-state index in [2.05, 4.69) is 10.6 Å². The fourth-order valence-electron chi connectivity index (χ4n) is 2.89. The fourth-order valence-corrected chi connectivity index (χ4v) is 2.89. The molecular weight excluding hydrogens is 231 g/mol. The van der Waals surface area contributed by atoms with E-state index < -0.39 is 23.3 Å². The van der Waals surface area contributed by atoms with Crippen LogP contribution in [0.3, 0.4) is 0 Å². The summed E-state index contributed by atoms with van der Waals surface area (Å²) in [4.78, 5) is 34.7. The fraction of sp³-hybridized carbons (Fsp3) is 0.727. The molecule has 0 radical (unpaired) electrons. The molecule has 6 heteroatoms. The Labute approximate surface area is 122 Å². The van der Waals surface area contributed by atoms with Crippen molar-refractivity contribution in [3.05, 3.63) is 5.32 Å². The molecule has 1 aliphatic heterocycles. The average molecular weight is 246 g/mol. The quantitative estimate of drug-likeness (QED) is 0.456. The largest absolute Gasteiger partial charge is 1.00 e. The molecule has 17 heavy (non-hydrogen) atoms. The Morgan fingerprint density at radius 2 is 2.06 bits per heavy atom. The number of urea groups is 1. The predicted molar refractivity (Wildman–Crippen MR) is 56.5 cm³/mol. The maximum Gasteiger partial charge on any atom is 1.00 e. The molecule has 1 aliphatic carbocycles. The van der Waals surface area contributed by atoms with Gasteiger partial charge in [-0.2, -0.15) is 0 Å². The average Bonchev–Trinajstić information content (AvgIpc) is 2.54. The monoisotopic (exact) mass is 246 g/mol. The standard InChI is InChI=1S/C11H16N2O3.Na/c1-3-7-4-6(2)11(5-7)8(14)12-10(16)13-9(11)15;/h6-7H,3-5H2,1-2H3,(H2,12,13,14,15,16);/q;+1/p-1. The van der Waals surface area contributed by atoms with E-state index in [1.165, 1.54) is 0 Å². The van der Waals surface area contributed by atoms with Gasteiger partial charge in [-0.15, -0.1) is 0 Å². The van der Waals surface area contributed by atoms with Gasteiger partial charge in [0.1, 0.15) is 0 Å². The summed E-state index contributed by atoms with van der Waals surface area (Å²) < 4.78 is 0. The van der Waals surface area contributed by atoms with Crippen LogP contribution in [0.2, 0.25) is 0 Å². The van der Waals surface area contributed by atoms with Gasteiger partial charge in [-0.1, -0.05) is 20.3 Å². The van der Waals surface area contributed by atoms with Gasteiger partial charge in [0.15, 0.2) is 17.8 Å². The van der Waals surface area contributed by atoms with E-state index in [1.807, 2.05) is 13.8 Å². The SMILES string of the molecule is CCC1CC(C)C2(C1)C(=O)[N-]C(=O)NC2=O.[Na+]. The van der Waals surface area contributed by atoms with E-state index in [0.29, 0.717) is 12.3 Å². The van der Waals surface area contributed by atoms with E-state index in [-0.39, 0.29) is 35.5 Å². The summed E-state index contributed by atoms with van der Waals surface area (Å²) in [6, 6.07) is -0.826. The van der Waals surface area contributed by atoms with Gasteiger partial charge in [-0.25, -0.2) is 0 Å². The van der Waals surface area contributed by atoms with Crippen molar-refractivity contribution < 1.29 is 43.9 Å². The first kappa shape index (κ1) is 14.7. The van der Waals surface area contributed by atoms with Crippen LogP contribution in [-0.4, -0.2) is 17.8 Å². The minimum Gasteiger partial charge on any atom is -0.394 e. The summed E-state index contributed by atoms with van der Waals surface area (Å²) in [7, 11) is 0. The van der Waals surface area contributed by atoms with Crippen LogP contribution >= 0.6 is 0 Å². The maximum absolute atomic E-state index is 11.9. The third-order valence-electron chi connectivity index (χ3n) is 3.93. The number of carbonyl (C=O) groups is 3. The molecule has 2 rings (SSSR count). The van der Waals surface area contributed by atoms with E-state index in [9.17, 15) is 14.4 Å². The first-order valence-electron chi connectivity index (χ1n) is 5.62. The molecule has 1 spiro atoms. The van der Waals surface area contributed by atoms with Crippen LogP contribution in [-0.2, 0) is 9.59 Å². The Morgan fingerprint density at radius 1 is 1.41 bits per heavy atom. The van der Waals surface area contributed by atoms with Crippen LogP contribution in [0, 0.1) is 17.3 Å². The zero-order valence-electron chi connectivity index (χ0n) is 10.4. The number of nitrogens with zero attached hydrogens (tertiary/aromatic N) is 1. The third kappa shape index (κ3) is 2.16. The number of barbiturate groups is 1. The van der Waals surface area contributed by atoms with Crippen molar-refractivity contribution in [2.45, 2.75) is 33.1 Å². The van der Waals surface area contributed by atoms with Gasteiger partial charge in [0.2, 0.25) is 0 Å². The Hall–Kier alpha value is -0.390. The van der Waals surface area contributed by atoms with Crippen molar-refractivity contribution in [3.63, 3.8) is 0 Å². The molecule has 1 saturated heterocycles. The first-order chi connectivity index (χ1) is 7.50. The van der Waals surface area contributed by atoms with Crippen LogP contribution in [0.4, 0.5) is 4.79 Å². The van der Waals surface area contributed by atoms with Crippen molar-refractivity contribution in [1.82, 2.24) is 5.32 Å². The molecule has 3 atom stereocenters. The molecule has 1 N–H and O–H groups in total. The normalized spacial score (nSPS) is 36.5. The summed E-state index contributed by atoms with van der Waals surface area (Å²) in [5.41, 5.74) is -1.07. The Kier molecular flexibility index (Phi) is 4.38. The van der Waals surface area contributed by atoms with Gasteiger partial charge >= 0.3 is 29.6 Å². The molecule has 1 heterocycles.